The minimum Gasteiger partial charge on any atom is -0.346 e. The molecule has 0 radical (unpaired) electrons. The number of benzene rings is 2. The van der Waals surface area contributed by atoms with E-state index in [1.165, 1.54) is 24.3 Å². The van der Waals surface area contributed by atoms with Crippen LogP contribution in [0, 0.1) is 0 Å². The molecule has 2 aromatic rings. The zero-order valence-electron chi connectivity index (χ0n) is 15.2. The summed E-state index contributed by atoms with van der Waals surface area (Å²) < 4.78 is 28.2. The van der Waals surface area contributed by atoms with Crippen LogP contribution in [0.4, 0.5) is 0 Å². The molecule has 7 heteroatoms. The van der Waals surface area contributed by atoms with E-state index < -0.39 is 15.6 Å². The van der Waals surface area contributed by atoms with Gasteiger partial charge in [0.05, 0.1) is 10.9 Å². The molecule has 5 nitrogen and oxygen atoms in total. The molecule has 0 spiro atoms. The first-order chi connectivity index (χ1) is 12.0. The Morgan fingerprint density at radius 1 is 1.00 bits per heavy atom. The van der Waals surface area contributed by atoms with Crippen LogP contribution < -0.4 is 10.0 Å². The quantitative estimate of drug-likeness (QED) is 0.739. The Kier molecular flexibility index (Phi) is 6.26. The smallest absolute Gasteiger partial charge is 0.251 e. The molecule has 2 aromatic carbocycles. The third-order valence-corrected chi connectivity index (χ3v) is 5.89. The van der Waals surface area contributed by atoms with Gasteiger partial charge in [0.1, 0.15) is 0 Å². The zero-order chi connectivity index (χ0) is 19.5. The SMILES string of the molecule is CC(NC(=O)c1ccc(S(=O)(=O)NC(C)(C)C)cc1)c1ccc(Br)cc1. The van der Waals surface area contributed by atoms with Gasteiger partial charge in [0, 0.05) is 15.6 Å². The normalized spacial score (nSPS) is 13.3. The first-order valence-electron chi connectivity index (χ1n) is 8.18. The van der Waals surface area contributed by atoms with Gasteiger partial charge < -0.3 is 5.32 Å². The number of sulfonamides is 1. The van der Waals surface area contributed by atoms with Crippen molar-refractivity contribution in [2.75, 3.05) is 0 Å². The molecular weight excluding hydrogens is 416 g/mol. The highest BCUT2D eigenvalue weighted by Gasteiger charge is 2.22. The molecule has 1 atom stereocenters. The maximum absolute atomic E-state index is 12.4. The second-order valence-electron chi connectivity index (χ2n) is 7.13. The minimum atomic E-state index is -3.62. The highest BCUT2D eigenvalue weighted by Crippen LogP contribution is 2.18. The van der Waals surface area contributed by atoms with Crippen molar-refractivity contribution in [3.8, 4) is 0 Å². The van der Waals surface area contributed by atoms with Gasteiger partial charge in [-0.15, -0.1) is 0 Å². The first kappa shape index (κ1) is 20.6. The second kappa shape index (κ2) is 7.90. The summed E-state index contributed by atoms with van der Waals surface area (Å²) in [6.07, 6.45) is 0. The molecule has 2 N–H and O–H groups in total. The average molecular weight is 439 g/mol. The number of hydrogen-bond acceptors (Lipinski definition) is 3. The van der Waals surface area contributed by atoms with Crippen LogP contribution in [0.15, 0.2) is 57.9 Å². The van der Waals surface area contributed by atoms with Crippen LogP contribution >= 0.6 is 15.9 Å². The summed E-state index contributed by atoms with van der Waals surface area (Å²) in [5.74, 6) is -0.256. The first-order valence-corrected chi connectivity index (χ1v) is 10.5. The molecule has 140 valence electrons. The molecule has 0 fully saturated rings. The summed E-state index contributed by atoms with van der Waals surface area (Å²) in [7, 11) is -3.62. The molecule has 0 aliphatic carbocycles. The van der Waals surface area contributed by atoms with Gasteiger partial charge in [0.15, 0.2) is 0 Å². The summed E-state index contributed by atoms with van der Waals surface area (Å²) in [5, 5.41) is 2.91. The van der Waals surface area contributed by atoms with Crippen molar-refractivity contribution in [2.45, 2.75) is 44.2 Å². The standard InChI is InChI=1S/C19H23BrN2O3S/c1-13(14-5-9-16(20)10-6-14)21-18(23)15-7-11-17(12-8-15)26(24,25)22-19(2,3)4/h5-13,22H,1-4H3,(H,21,23). The lowest BCUT2D eigenvalue weighted by Crippen LogP contribution is -2.40. The highest BCUT2D eigenvalue weighted by atomic mass is 79.9. The molecule has 0 aliphatic rings. The fourth-order valence-electron chi connectivity index (χ4n) is 2.36. The summed E-state index contributed by atoms with van der Waals surface area (Å²) in [6.45, 7) is 7.22. The van der Waals surface area contributed by atoms with Crippen molar-refractivity contribution in [1.29, 1.82) is 0 Å². The third kappa shape index (κ3) is 5.65. The Balaban J connectivity index is 2.10. The van der Waals surface area contributed by atoms with Crippen molar-refractivity contribution in [3.05, 3.63) is 64.1 Å². The van der Waals surface area contributed by atoms with Crippen molar-refractivity contribution < 1.29 is 13.2 Å². The van der Waals surface area contributed by atoms with Gasteiger partial charge in [-0.2, -0.15) is 0 Å². The van der Waals surface area contributed by atoms with E-state index in [0.29, 0.717) is 5.56 Å². The zero-order valence-corrected chi connectivity index (χ0v) is 17.6. The Labute approximate surface area is 163 Å². The van der Waals surface area contributed by atoms with E-state index in [1.54, 1.807) is 20.8 Å². The van der Waals surface area contributed by atoms with Gasteiger partial charge in [-0.25, -0.2) is 13.1 Å². The van der Waals surface area contributed by atoms with Gasteiger partial charge in [0.25, 0.3) is 5.91 Å². The maximum Gasteiger partial charge on any atom is 0.251 e. The molecule has 1 unspecified atom stereocenters. The number of carbonyl (C=O) groups is 1. The van der Waals surface area contributed by atoms with Crippen LogP contribution in [-0.2, 0) is 10.0 Å². The van der Waals surface area contributed by atoms with Crippen LogP contribution in [0.5, 0.6) is 0 Å². The van der Waals surface area contributed by atoms with E-state index in [4.69, 9.17) is 0 Å². The topological polar surface area (TPSA) is 75.3 Å². The molecule has 2 rings (SSSR count). The lowest BCUT2D eigenvalue weighted by atomic mass is 10.1. The number of carbonyl (C=O) groups excluding carboxylic acids is 1. The molecule has 0 heterocycles. The highest BCUT2D eigenvalue weighted by molar-refractivity contribution is 9.10. The van der Waals surface area contributed by atoms with E-state index in [-0.39, 0.29) is 16.8 Å². The fraction of sp³-hybridized carbons (Fsp3) is 0.316. The fourth-order valence-corrected chi connectivity index (χ4v) is 4.05. The molecular formula is C19H23BrN2O3S. The van der Waals surface area contributed by atoms with Crippen LogP contribution in [0.2, 0.25) is 0 Å². The number of nitrogens with one attached hydrogen (secondary N) is 2. The minimum absolute atomic E-state index is 0.130. The number of halogens is 1. The summed E-state index contributed by atoms with van der Waals surface area (Å²) in [6, 6.07) is 13.4. The lowest BCUT2D eigenvalue weighted by molar-refractivity contribution is 0.0939. The Hall–Kier alpha value is -1.70. The van der Waals surface area contributed by atoms with Crippen LogP contribution in [0.1, 0.15) is 49.7 Å². The van der Waals surface area contributed by atoms with Crippen LogP contribution in [-0.4, -0.2) is 19.9 Å². The molecule has 0 saturated heterocycles. The van der Waals surface area contributed by atoms with E-state index >= 15 is 0 Å². The number of rotatable bonds is 5. The Morgan fingerprint density at radius 2 is 1.54 bits per heavy atom. The van der Waals surface area contributed by atoms with Crippen molar-refractivity contribution in [1.82, 2.24) is 10.0 Å². The maximum atomic E-state index is 12.4. The molecule has 0 aromatic heterocycles. The van der Waals surface area contributed by atoms with Crippen LogP contribution in [0.3, 0.4) is 0 Å². The van der Waals surface area contributed by atoms with Gasteiger partial charge in [0.2, 0.25) is 10.0 Å². The predicted molar refractivity (Wildman–Crippen MR) is 107 cm³/mol. The van der Waals surface area contributed by atoms with E-state index in [9.17, 15) is 13.2 Å². The number of hydrogen-bond donors (Lipinski definition) is 2. The predicted octanol–water partition coefficient (Wildman–Crippen LogP) is 4.02. The average Bonchev–Trinajstić information content (AvgIpc) is 2.53. The molecule has 1 amide bonds. The molecule has 0 aliphatic heterocycles. The summed E-state index contributed by atoms with van der Waals surface area (Å²) in [4.78, 5) is 12.5. The Bertz CT molecular complexity index is 870. The van der Waals surface area contributed by atoms with Crippen molar-refractivity contribution in [3.63, 3.8) is 0 Å². The Morgan fingerprint density at radius 3 is 2.04 bits per heavy atom. The monoisotopic (exact) mass is 438 g/mol. The molecule has 0 saturated carbocycles. The second-order valence-corrected chi connectivity index (χ2v) is 9.72. The van der Waals surface area contributed by atoms with Gasteiger partial charge in [-0.3, -0.25) is 4.79 Å². The summed E-state index contributed by atoms with van der Waals surface area (Å²) in [5.41, 5.74) is 0.813. The van der Waals surface area contributed by atoms with Gasteiger partial charge >= 0.3 is 0 Å². The lowest BCUT2D eigenvalue weighted by Gasteiger charge is -2.20. The van der Waals surface area contributed by atoms with E-state index in [1.807, 2.05) is 31.2 Å². The molecule has 0 bridgehead atoms. The van der Waals surface area contributed by atoms with Gasteiger partial charge in [-0.05, 0) is 69.7 Å². The van der Waals surface area contributed by atoms with E-state index in [2.05, 4.69) is 26.0 Å². The van der Waals surface area contributed by atoms with Gasteiger partial charge in [-0.1, -0.05) is 28.1 Å². The third-order valence-electron chi connectivity index (χ3n) is 3.58. The van der Waals surface area contributed by atoms with Crippen molar-refractivity contribution in [2.24, 2.45) is 0 Å². The largest absolute Gasteiger partial charge is 0.346 e. The van der Waals surface area contributed by atoms with Crippen molar-refractivity contribution >= 4 is 31.9 Å². The number of amides is 1. The van der Waals surface area contributed by atoms with E-state index in [0.717, 1.165) is 10.0 Å². The molecule has 26 heavy (non-hydrogen) atoms. The van der Waals surface area contributed by atoms with Crippen LogP contribution in [0.25, 0.3) is 0 Å². The summed E-state index contributed by atoms with van der Waals surface area (Å²) >= 11 is 3.38.